The van der Waals surface area contributed by atoms with Gasteiger partial charge in [-0.05, 0) is 24.7 Å². The van der Waals surface area contributed by atoms with Gasteiger partial charge in [0.1, 0.15) is 11.6 Å². The van der Waals surface area contributed by atoms with Gasteiger partial charge in [-0.25, -0.2) is 8.42 Å². The van der Waals surface area contributed by atoms with Crippen molar-refractivity contribution in [1.29, 1.82) is 0 Å². The molecule has 0 radical (unpaired) electrons. The third-order valence-corrected chi connectivity index (χ3v) is 7.65. The maximum Gasteiger partial charge on any atom is 0.259 e. The second-order valence-corrected chi connectivity index (χ2v) is 11.8. The van der Waals surface area contributed by atoms with Crippen LogP contribution in [0.15, 0.2) is 12.7 Å². The second kappa shape index (κ2) is 7.64. The molecule has 30 heavy (non-hydrogen) atoms. The van der Waals surface area contributed by atoms with Crippen molar-refractivity contribution >= 4 is 27.7 Å². The van der Waals surface area contributed by atoms with Crippen LogP contribution in [0.5, 0.6) is 0 Å². The zero-order valence-corrected chi connectivity index (χ0v) is 18.5. The van der Waals surface area contributed by atoms with E-state index in [0.717, 1.165) is 0 Å². The lowest BCUT2D eigenvalue weighted by Gasteiger charge is -2.29. The molecule has 9 nitrogen and oxygen atoms in total. The smallest absolute Gasteiger partial charge is 0.259 e. The molecule has 3 amide bonds. The molecule has 4 unspecified atom stereocenters. The molecule has 0 aromatic carbocycles. The third-order valence-electron chi connectivity index (χ3n) is 5.83. The predicted molar refractivity (Wildman–Crippen MR) is 109 cm³/mol. The first-order chi connectivity index (χ1) is 13.8. The zero-order valence-electron chi connectivity index (χ0n) is 17.7. The zero-order chi connectivity index (χ0) is 22.5. The summed E-state index contributed by atoms with van der Waals surface area (Å²) in [6, 6.07) is -0.911. The van der Waals surface area contributed by atoms with Crippen LogP contribution in [0.4, 0.5) is 0 Å². The van der Waals surface area contributed by atoms with E-state index in [1.807, 2.05) is 20.8 Å². The Kier molecular flexibility index (Phi) is 5.79. The van der Waals surface area contributed by atoms with E-state index in [9.17, 15) is 27.9 Å². The molecule has 1 saturated heterocycles. The number of hydrogen-bond donors (Lipinski definition) is 3. The van der Waals surface area contributed by atoms with Crippen molar-refractivity contribution in [2.24, 2.45) is 11.3 Å². The van der Waals surface area contributed by atoms with Crippen LogP contribution in [0.1, 0.15) is 52.9 Å². The number of aliphatic hydroxyl groups excluding tert-OH is 1. The highest BCUT2D eigenvalue weighted by molar-refractivity contribution is 7.91. The molecule has 3 N–H and O–H groups in total. The first-order valence-corrected chi connectivity index (χ1v) is 11.8. The Morgan fingerprint density at radius 3 is 2.40 bits per heavy atom. The van der Waals surface area contributed by atoms with Gasteiger partial charge < -0.3 is 15.3 Å². The molecule has 3 fully saturated rings. The molecular weight excluding hydrogens is 410 g/mol. The number of amides is 3. The van der Waals surface area contributed by atoms with Crippen molar-refractivity contribution in [2.75, 3.05) is 6.54 Å². The minimum Gasteiger partial charge on any atom is -0.391 e. The summed E-state index contributed by atoms with van der Waals surface area (Å²) in [7, 11) is -3.76. The van der Waals surface area contributed by atoms with E-state index < -0.39 is 50.7 Å². The summed E-state index contributed by atoms with van der Waals surface area (Å²) in [6.07, 6.45) is 2.21. The van der Waals surface area contributed by atoms with Crippen LogP contribution < -0.4 is 10.0 Å². The van der Waals surface area contributed by atoms with Gasteiger partial charge in [0.15, 0.2) is 0 Å². The Balaban J connectivity index is 1.73. The van der Waals surface area contributed by atoms with Gasteiger partial charge >= 0.3 is 0 Å². The van der Waals surface area contributed by atoms with Gasteiger partial charge in [-0.15, -0.1) is 6.58 Å². The minimum absolute atomic E-state index is 0.0488. The normalized spacial score (nSPS) is 31.2. The van der Waals surface area contributed by atoms with Gasteiger partial charge in [0.2, 0.25) is 21.8 Å². The number of rotatable bonds is 7. The summed E-state index contributed by atoms with van der Waals surface area (Å²) >= 11 is 0. The van der Waals surface area contributed by atoms with Crippen molar-refractivity contribution in [3.8, 4) is 0 Å². The topological polar surface area (TPSA) is 133 Å². The molecule has 2 saturated carbocycles. The highest BCUT2D eigenvalue weighted by Crippen LogP contribution is 2.45. The maximum atomic E-state index is 13.0. The largest absolute Gasteiger partial charge is 0.391 e. The SMILES string of the molecule is C=CC1CC1(NC(=O)C1CC(O)CN1C(=O)CC(C)(C)C)C(=O)NS(=O)(=O)C1CC1. The van der Waals surface area contributed by atoms with Gasteiger partial charge in [0.05, 0.1) is 11.4 Å². The minimum atomic E-state index is -3.76. The van der Waals surface area contributed by atoms with E-state index in [2.05, 4.69) is 16.6 Å². The van der Waals surface area contributed by atoms with E-state index in [1.165, 1.54) is 11.0 Å². The molecule has 0 spiro atoms. The molecule has 0 bridgehead atoms. The standard InChI is InChI=1S/C20H31N3O6S/c1-5-12-9-20(12,18(27)22-30(28,29)14-6-7-14)21-17(26)15-8-13(24)11-23(15)16(25)10-19(2,3)4/h5,12-15,24H,1,6-11H2,2-4H3,(H,21,26)(H,22,27). The summed E-state index contributed by atoms with van der Waals surface area (Å²) in [6.45, 7) is 9.43. The number of nitrogens with one attached hydrogen (secondary N) is 2. The number of carbonyl (C=O) groups excluding carboxylic acids is 3. The number of hydrogen-bond acceptors (Lipinski definition) is 6. The first kappa shape index (κ1) is 22.7. The first-order valence-electron chi connectivity index (χ1n) is 10.3. The maximum absolute atomic E-state index is 13.0. The Labute approximate surface area is 177 Å². The molecule has 0 aromatic rings. The Morgan fingerprint density at radius 1 is 1.27 bits per heavy atom. The Bertz CT molecular complexity index is 860. The highest BCUT2D eigenvalue weighted by atomic mass is 32.2. The van der Waals surface area contributed by atoms with Crippen molar-refractivity contribution in [2.45, 2.75) is 75.8 Å². The molecule has 10 heteroatoms. The lowest BCUT2D eigenvalue weighted by molar-refractivity contribution is -0.141. The van der Waals surface area contributed by atoms with Gasteiger partial charge in [0, 0.05) is 25.3 Å². The third kappa shape index (κ3) is 4.69. The molecule has 4 atom stereocenters. The number of likely N-dealkylation sites (tertiary alicyclic amines) is 1. The van der Waals surface area contributed by atoms with E-state index in [0.29, 0.717) is 12.8 Å². The second-order valence-electron chi connectivity index (χ2n) is 9.87. The molecular formula is C20H31N3O6S. The average Bonchev–Trinajstić information content (AvgIpc) is 3.50. The Morgan fingerprint density at radius 2 is 1.90 bits per heavy atom. The van der Waals surface area contributed by atoms with Gasteiger partial charge in [-0.2, -0.15) is 0 Å². The summed E-state index contributed by atoms with van der Waals surface area (Å²) in [5.74, 6) is -2.00. The molecule has 3 rings (SSSR count). The fourth-order valence-electron chi connectivity index (χ4n) is 3.91. The summed E-state index contributed by atoms with van der Waals surface area (Å²) < 4.78 is 26.4. The van der Waals surface area contributed by atoms with Crippen molar-refractivity contribution in [3.05, 3.63) is 12.7 Å². The van der Waals surface area contributed by atoms with Gasteiger partial charge in [0.25, 0.3) is 5.91 Å². The molecule has 1 aliphatic heterocycles. The fourth-order valence-corrected chi connectivity index (χ4v) is 5.28. The van der Waals surface area contributed by atoms with Crippen LogP contribution in [-0.2, 0) is 24.4 Å². The average molecular weight is 442 g/mol. The number of sulfonamides is 1. The number of aliphatic hydroxyl groups is 1. The monoisotopic (exact) mass is 441 g/mol. The Hall–Kier alpha value is -1.94. The number of carbonyl (C=O) groups is 3. The summed E-state index contributed by atoms with van der Waals surface area (Å²) in [5.41, 5.74) is -1.68. The van der Waals surface area contributed by atoms with Crippen LogP contribution in [-0.4, -0.2) is 65.6 Å². The predicted octanol–water partition coefficient (Wildman–Crippen LogP) is 0.0537. The molecule has 0 aromatic heterocycles. The van der Waals surface area contributed by atoms with Crippen molar-refractivity contribution < 1.29 is 27.9 Å². The van der Waals surface area contributed by atoms with E-state index in [4.69, 9.17) is 0 Å². The molecule has 3 aliphatic rings. The van der Waals surface area contributed by atoms with Crippen LogP contribution >= 0.6 is 0 Å². The molecule has 168 valence electrons. The van der Waals surface area contributed by atoms with Gasteiger partial charge in [-0.3, -0.25) is 19.1 Å². The van der Waals surface area contributed by atoms with Crippen molar-refractivity contribution in [3.63, 3.8) is 0 Å². The van der Waals surface area contributed by atoms with Gasteiger partial charge in [-0.1, -0.05) is 26.8 Å². The fraction of sp³-hybridized carbons (Fsp3) is 0.750. The van der Waals surface area contributed by atoms with E-state index >= 15 is 0 Å². The van der Waals surface area contributed by atoms with E-state index in [-0.39, 0.29) is 37.1 Å². The highest BCUT2D eigenvalue weighted by Gasteiger charge is 2.61. The summed E-state index contributed by atoms with van der Waals surface area (Å²) in [4.78, 5) is 39.8. The molecule has 1 heterocycles. The van der Waals surface area contributed by atoms with Crippen LogP contribution in [0.3, 0.4) is 0 Å². The number of nitrogens with zero attached hydrogens (tertiary/aromatic N) is 1. The van der Waals surface area contributed by atoms with Crippen LogP contribution in [0.25, 0.3) is 0 Å². The molecule has 2 aliphatic carbocycles. The lowest BCUT2D eigenvalue weighted by Crippen LogP contribution is -2.56. The van der Waals surface area contributed by atoms with E-state index in [1.54, 1.807) is 0 Å². The van der Waals surface area contributed by atoms with Crippen LogP contribution in [0.2, 0.25) is 0 Å². The van der Waals surface area contributed by atoms with Crippen molar-refractivity contribution in [1.82, 2.24) is 14.9 Å². The van der Waals surface area contributed by atoms with Crippen LogP contribution in [0, 0.1) is 11.3 Å². The quantitative estimate of drug-likeness (QED) is 0.478. The summed E-state index contributed by atoms with van der Waals surface area (Å²) in [5, 5.41) is 12.2. The lowest BCUT2D eigenvalue weighted by atomic mass is 9.91. The number of β-amino-alcohol motifs (C(OH)–C–C–N with tert-alkyl or cyclic N) is 1.